The van der Waals surface area contributed by atoms with Crippen molar-refractivity contribution in [3.63, 3.8) is 0 Å². The molecule has 8 heteroatoms. The van der Waals surface area contributed by atoms with Crippen molar-refractivity contribution >= 4 is 11.8 Å². The zero-order valence-corrected chi connectivity index (χ0v) is 16.7. The van der Waals surface area contributed by atoms with Crippen molar-refractivity contribution in [1.29, 1.82) is 0 Å². The molecule has 2 amide bonds. The molecule has 2 aliphatic heterocycles. The van der Waals surface area contributed by atoms with Crippen LogP contribution in [-0.4, -0.2) is 54.6 Å². The Morgan fingerprint density at radius 1 is 1.21 bits per heavy atom. The van der Waals surface area contributed by atoms with Gasteiger partial charge in [-0.2, -0.15) is 5.10 Å². The van der Waals surface area contributed by atoms with Crippen LogP contribution < -0.4 is 0 Å². The Morgan fingerprint density at radius 3 is 2.66 bits per heavy atom. The van der Waals surface area contributed by atoms with Gasteiger partial charge in [-0.25, -0.2) is 4.98 Å². The van der Waals surface area contributed by atoms with Gasteiger partial charge < -0.3 is 14.9 Å². The summed E-state index contributed by atoms with van der Waals surface area (Å²) in [6, 6.07) is 3.28. The zero-order chi connectivity index (χ0) is 20.5. The van der Waals surface area contributed by atoms with E-state index >= 15 is 0 Å². The number of hydrogen-bond acceptors (Lipinski definition) is 5. The van der Waals surface area contributed by atoms with Crippen LogP contribution in [0.15, 0.2) is 36.2 Å². The molecule has 1 saturated heterocycles. The maximum Gasteiger partial charge on any atom is 0.276 e. The lowest BCUT2D eigenvalue weighted by Gasteiger charge is -2.33. The number of amides is 2. The first-order valence-corrected chi connectivity index (χ1v) is 9.90. The third kappa shape index (κ3) is 3.50. The number of nitrogens with zero attached hydrogens (tertiary/aromatic N) is 5. The van der Waals surface area contributed by atoms with Crippen LogP contribution in [0, 0.1) is 0 Å². The fourth-order valence-corrected chi connectivity index (χ4v) is 4.03. The Balaban J connectivity index is 1.44. The number of allylic oxidation sites excluding steroid dienone is 1. The third-order valence-electron chi connectivity index (χ3n) is 5.83. The average Bonchev–Trinajstić information content (AvgIpc) is 3.33. The van der Waals surface area contributed by atoms with Gasteiger partial charge in [-0.15, -0.1) is 0 Å². The van der Waals surface area contributed by atoms with E-state index in [1.165, 1.54) is 12.3 Å². The molecule has 0 bridgehead atoms. The molecular weight excluding hydrogens is 370 g/mol. The van der Waals surface area contributed by atoms with Crippen molar-refractivity contribution in [1.82, 2.24) is 24.6 Å². The maximum atomic E-state index is 12.8. The Labute approximate surface area is 169 Å². The van der Waals surface area contributed by atoms with E-state index in [2.05, 4.69) is 10.1 Å². The Kier molecular flexibility index (Phi) is 5.08. The Bertz CT molecular complexity index is 972. The molecule has 4 heterocycles. The van der Waals surface area contributed by atoms with Gasteiger partial charge in [0.05, 0.1) is 24.5 Å². The Morgan fingerprint density at radius 2 is 1.97 bits per heavy atom. The van der Waals surface area contributed by atoms with Crippen molar-refractivity contribution in [2.24, 2.45) is 0 Å². The van der Waals surface area contributed by atoms with E-state index in [-0.39, 0.29) is 29.3 Å². The van der Waals surface area contributed by atoms with Crippen LogP contribution in [0.2, 0.25) is 0 Å². The Hall–Kier alpha value is -3.16. The second kappa shape index (κ2) is 7.69. The van der Waals surface area contributed by atoms with Crippen molar-refractivity contribution in [3.05, 3.63) is 53.1 Å². The van der Waals surface area contributed by atoms with Crippen LogP contribution in [0.1, 0.15) is 54.5 Å². The van der Waals surface area contributed by atoms with Crippen molar-refractivity contribution in [2.75, 3.05) is 13.1 Å². The molecule has 2 aromatic rings. The first kappa shape index (κ1) is 19.2. The third-order valence-corrected chi connectivity index (χ3v) is 5.83. The largest absolute Gasteiger partial charge is 0.505 e. The van der Waals surface area contributed by atoms with Gasteiger partial charge >= 0.3 is 0 Å². The standard InChI is InChI=1S/C21H25N5O3/c1-3-14(2)20(28)24-9-6-16(7-10-24)26-17-13-25(12-15(17)11-23-26)21(29)19-18(27)5-4-8-22-19/h3-5,8,11,16,27H,6-7,9-10,12-13H2,1-2H3/b14-3+. The number of piperidine rings is 1. The molecule has 29 heavy (non-hydrogen) atoms. The number of hydrogen-bond donors (Lipinski definition) is 1. The SMILES string of the molecule is C/C=C(\C)C(=O)N1CCC(n2ncc3c2CN(C(=O)c2ncccc2O)C3)CC1. The molecule has 152 valence electrons. The summed E-state index contributed by atoms with van der Waals surface area (Å²) in [7, 11) is 0. The van der Waals surface area contributed by atoms with Gasteiger partial charge in [0, 0.05) is 37.0 Å². The molecule has 2 aromatic heterocycles. The van der Waals surface area contributed by atoms with Crippen molar-refractivity contribution in [2.45, 2.75) is 45.8 Å². The van der Waals surface area contributed by atoms with Crippen LogP contribution in [-0.2, 0) is 17.9 Å². The van der Waals surface area contributed by atoms with Crippen molar-refractivity contribution < 1.29 is 14.7 Å². The fourth-order valence-electron chi connectivity index (χ4n) is 4.03. The van der Waals surface area contributed by atoms with Gasteiger partial charge in [0.15, 0.2) is 5.69 Å². The number of carbonyl (C=O) groups excluding carboxylic acids is 2. The number of pyridine rings is 1. The van der Waals surface area contributed by atoms with E-state index < -0.39 is 0 Å². The van der Waals surface area contributed by atoms with Gasteiger partial charge in [-0.1, -0.05) is 6.08 Å². The van der Waals surface area contributed by atoms with Crippen LogP contribution in [0.5, 0.6) is 5.75 Å². The monoisotopic (exact) mass is 395 g/mol. The number of aromatic nitrogens is 3. The highest BCUT2D eigenvalue weighted by Gasteiger charge is 2.33. The zero-order valence-electron chi connectivity index (χ0n) is 16.7. The highest BCUT2D eigenvalue weighted by Crippen LogP contribution is 2.31. The van der Waals surface area contributed by atoms with E-state index in [1.54, 1.807) is 11.0 Å². The molecule has 0 atom stereocenters. The van der Waals surface area contributed by atoms with E-state index in [0.29, 0.717) is 26.2 Å². The summed E-state index contributed by atoms with van der Waals surface area (Å²) in [5.74, 6) is -0.291. The molecule has 4 rings (SSSR count). The number of rotatable bonds is 3. The van der Waals surface area contributed by atoms with E-state index in [0.717, 1.165) is 29.7 Å². The molecular formula is C21H25N5O3. The second-order valence-electron chi connectivity index (χ2n) is 7.59. The van der Waals surface area contributed by atoms with Gasteiger partial charge in [0.2, 0.25) is 5.91 Å². The molecule has 1 N–H and O–H groups in total. The summed E-state index contributed by atoms with van der Waals surface area (Å²) in [6.07, 6.45) is 6.85. The summed E-state index contributed by atoms with van der Waals surface area (Å²) in [5.41, 5.74) is 2.90. The molecule has 0 radical (unpaired) electrons. The topological polar surface area (TPSA) is 91.6 Å². The second-order valence-corrected chi connectivity index (χ2v) is 7.59. The summed E-state index contributed by atoms with van der Waals surface area (Å²) < 4.78 is 2.02. The molecule has 0 saturated carbocycles. The van der Waals surface area contributed by atoms with Gasteiger partial charge in [-0.3, -0.25) is 14.3 Å². The number of carbonyl (C=O) groups is 2. The molecule has 1 fully saturated rings. The number of fused-ring (bicyclic) bond motifs is 1. The number of aromatic hydroxyl groups is 1. The minimum Gasteiger partial charge on any atom is -0.505 e. The van der Waals surface area contributed by atoms with E-state index in [4.69, 9.17) is 0 Å². The highest BCUT2D eigenvalue weighted by atomic mass is 16.3. The fraction of sp³-hybridized carbons (Fsp3) is 0.429. The molecule has 0 aliphatic carbocycles. The average molecular weight is 395 g/mol. The van der Waals surface area contributed by atoms with Crippen LogP contribution in [0.4, 0.5) is 0 Å². The minimum absolute atomic E-state index is 0.0725. The van der Waals surface area contributed by atoms with Crippen LogP contribution >= 0.6 is 0 Å². The summed E-state index contributed by atoms with van der Waals surface area (Å²) in [4.78, 5) is 32.7. The van der Waals surface area contributed by atoms with E-state index in [1.807, 2.05) is 35.7 Å². The predicted octanol–water partition coefficient (Wildman–Crippen LogP) is 2.27. The first-order valence-electron chi connectivity index (χ1n) is 9.90. The molecule has 0 spiro atoms. The quantitative estimate of drug-likeness (QED) is 0.805. The molecule has 0 unspecified atom stereocenters. The van der Waals surface area contributed by atoms with Crippen molar-refractivity contribution in [3.8, 4) is 5.75 Å². The first-order chi connectivity index (χ1) is 14.0. The number of likely N-dealkylation sites (tertiary alicyclic amines) is 1. The van der Waals surface area contributed by atoms with Crippen LogP contribution in [0.25, 0.3) is 0 Å². The molecule has 2 aliphatic rings. The lowest BCUT2D eigenvalue weighted by Crippen LogP contribution is -2.40. The minimum atomic E-state index is -0.284. The molecule has 0 aromatic carbocycles. The smallest absolute Gasteiger partial charge is 0.276 e. The summed E-state index contributed by atoms with van der Waals surface area (Å²) in [5, 5.41) is 14.5. The highest BCUT2D eigenvalue weighted by molar-refractivity contribution is 5.95. The van der Waals surface area contributed by atoms with Crippen LogP contribution in [0.3, 0.4) is 0 Å². The predicted molar refractivity (Wildman–Crippen MR) is 106 cm³/mol. The summed E-state index contributed by atoms with van der Waals surface area (Å²) in [6.45, 7) is 6.04. The van der Waals surface area contributed by atoms with E-state index in [9.17, 15) is 14.7 Å². The lowest BCUT2D eigenvalue weighted by molar-refractivity contribution is -0.128. The lowest BCUT2D eigenvalue weighted by atomic mass is 10.0. The maximum absolute atomic E-state index is 12.8. The normalized spacial score (nSPS) is 17.5. The summed E-state index contributed by atoms with van der Waals surface area (Å²) >= 11 is 0. The van der Waals surface area contributed by atoms with Gasteiger partial charge in [0.1, 0.15) is 5.75 Å². The van der Waals surface area contributed by atoms with Gasteiger partial charge in [-0.05, 0) is 38.8 Å². The van der Waals surface area contributed by atoms with Gasteiger partial charge in [0.25, 0.3) is 5.91 Å². The molecule has 8 nitrogen and oxygen atoms in total.